The third-order valence-corrected chi connectivity index (χ3v) is 3.23. The molecule has 0 bridgehead atoms. The number of carbonyl (C=O) groups is 2. The van der Waals surface area contributed by atoms with Crippen molar-refractivity contribution in [3.8, 4) is 0 Å². The summed E-state index contributed by atoms with van der Waals surface area (Å²) >= 11 is 0. The number of likely N-dealkylation sites (tertiary alicyclic amines) is 1. The highest BCUT2D eigenvalue weighted by Crippen LogP contribution is 2.17. The number of hydrogen-bond donors (Lipinski definition) is 2. The van der Waals surface area contributed by atoms with Gasteiger partial charge >= 0.3 is 0 Å². The van der Waals surface area contributed by atoms with Gasteiger partial charge in [0.25, 0.3) is 0 Å². The zero-order chi connectivity index (χ0) is 13.5. The number of likely N-dealkylation sites (N-methyl/N-ethyl adjacent to an activating group) is 1. The summed E-state index contributed by atoms with van der Waals surface area (Å²) in [5, 5.41) is 5.91. The summed E-state index contributed by atoms with van der Waals surface area (Å²) in [5.41, 5.74) is 0. The zero-order valence-corrected chi connectivity index (χ0v) is 11.4. The maximum Gasteiger partial charge on any atom is 0.225 e. The molecule has 2 N–H and O–H groups in total. The quantitative estimate of drug-likeness (QED) is 0.627. The van der Waals surface area contributed by atoms with Crippen molar-refractivity contribution in [1.29, 1.82) is 0 Å². The van der Waals surface area contributed by atoms with Crippen molar-refractivity contribution in [2.45, 2.75) is 19.4 Å². The molecule has 2 atom stereocenters. The van der Waals surface area contributed by atoms with Gasteiger partial charge in [0.1, 0.15) is 0 Å². The number of methoxy groups -OCH3 is 1. The average molecular weight is 257 g/mol. The van der Waals surface area contributed by atoms with Gasteiger partial charge < -0.3 is 20.3 Å². The molecule has 0 saturated carbocycles. The van der Waals surface area contributed by atoms with Gasteiger partial charge in [0.05, 0.1) is 12.5 Å². The molecule has 1 heterocycles. The fourth-order valence-electron chi connectivity index (χ4n) is 1.87. The Morgan fingerprint density at radius 3 is 2.94 bits per heavy atom. The zero-order valence-electron chi connectivity index (χ0n) is 11.4. The van der Waals surface area contributed by atoms with E-state index in [4.69, 9.17) is 4.74 Å². The predicted molar refractivity (Wildman–Crippen MR) is 68.1 cm³/mol. The SMILES string of the molecule is CNC(C)CNC(=O)C1CC(=O)N(CCOC)C1. The van der Waals surface area contributed by atoms with Gasteiger partial charge in [-0.1, -0.05) is 0 Å². The van der Waals surface area contributed by atoms with E-state index in [1.165, 1.54) is 0 Å². The van der Waals surface area contributed by atoms with Crippen LogP contribution >= 0.6 is 0 Å². The molecular weight excluding hydrogens is 234 g/mol. The standard InChI is InChI=1S/C12H23N3O3/c1-9(13-2)7-14-12(17)10-6-11(16)15(8-10)4-5-18-3/h9-10,13H,4-8H2,1-3H3,(H,14,17). The van der Waals surface area contributed by atoms with E-state index in [1.54, 1.807) is 12.0 Å². The van der Waals surface area contributed by atoms with Crippen molar-refractivity contribution in [1.82, 2.24) is 15.5 Å². The average Bonchev–Trinajstić information content (AvgIpc) is 2.74. The molecule has 1 aliphatic rings. The number of amides is 2. The van der Waals surface area contributed by atoms with Crippen molar-refractivity contribution in [3.05, 3.63) is 0 Å². The van der Waals surface area contributed by atoms with Crippen LogP contribution < -0.4 is 10.6 Å². The molecule has 2 amide bonds. The van der Waals surface area contributed by atoms with Crippen LogP contribution in [0.15, 0.2) is 0 Å². The van der Waals surface area contributed by atoms with E-state index in [2.05, 4.69) is 10.6 Å². The van der Waals surface area contributed by atoms with Gasteiger partial charge in [-0.05, 0) is 14.0 Å². The molecule has 0 aromatic heterocycles. The van der Waals surface area contributed by atoms with Gasteiger partial charge in [0.15, 0.2) is 0 Å². The van der Waals surface area contributed by atoms with Crippen LogP contribution in [0.1, 0.15) is 13.3 Å². The lowest BCUT2D eigenvalue weighted by Gasteiger charge is -2.16. The van der Waals surface area contributed by atoms with Gasteiger partial charge in [-0.2, -0.15) is 0 Å². The number of ether oxygens (including phenoxy) is 1. The minimum atomic E-state index is -0.224. The number of rotatable bonds is 7. The summed E-state index contributed by atoms with van der Waals surface area (Å²) in [6.45, 7) is 4.15. The van der Waals surface area contributed by atoms with E-state index in [0.717, 1.165) is 0 Å². The van der Waals surface area contributed by atoms with Crippen molar-refractivity contribution in [2.24, 2.45) is 5.92 Å². The van der Waals surface area contributed by atoms with Crippen LogP contribution in [0.25, 0.3) is 0 Å². The molecule has 0 spiro atoms. The minimum absolute atomic E-state index is 0.0360. The van der Waals surface area contributed by atoms with E-state index in [9.17, 15) is 9.59 Å². The summed E-state index contributed by atoms with van der Waals surface area (Å²) < 4.78 is 4.94. The first-order valence-corrected chi connectivity index (χ1v) is 6.30. The highest BCUT2D eigenvalue weighted by molar-refractivity contribution is 5.89. The highest BCUT2D eigenvalue weighted by atomic mass is 16.5. The second-order valence-corrected chi connectivity index (χ2v) is 4.67. The fraction of sp³-hybridized carbons (Fsp3) is 0.833. The Morgan fingerprint density at radius 1 is 1.61 bits per heavy atom. The molecule has 1 rings (SSSR count). The molecule has 0 aromatic carbocycles. The second kappa shape index (κ2) is 7.33. The first-order valence-electron chi connectivity index (χ1n) is 6.30. The molecule has 0 aliphatic carbocycles. The summed E-state index contributed by atoms with van der Waals surface area (Å²) in [7, 11) is 3.45. The normalized spacial score (nSPS) is 21.2. The molecule has 0 aromatic rings. The maximum absolute atomic E-state index is 11.9. The topological polar surface area (TPSA) is 70.7 Å². The van der Waals surface area contributed by atoms with Crippen molar-refractivity contribution >= 4 is 11.8 Å². The Kier molecular flexibility index (Phi) is 6.07. The smallest absolute Gasteiger partial charge is 0.225 e. The van der Waals surface area contributed by atoms with Gasteiger partial charge in [-0.3, -0.25) is 9.59 Å². The van der Waals surface area contributed by atoms with E-state index in [1.807, 2.05) is 14.0 Å². The first kappa shape index (κ1) is 14.9. The summed E-state index contributed by atoms with van der Waals surface area (Å²) in [6.07, 6.45) is 0.309. The maximum atomic E-state index is 11.9. The molecule has 6 nitrogen and oxygen atoms in total. The molecular formula is C12H23N3O3. The lowest BCUT2D eigenvalue weighted by molar-refractivity contribution is -0.129. The van der Waals surface area contributed by atoms with E-state index in [-0.39, 0.29) is 23.8 Å². The van der Waals surface area contributed by atoms with Crippen LogP contribution in [0.4, 0.5) is 0 Å². The third-order valence-electron chi connectivity index (χ3n) is 3.23. The van der Waals surface area contributed by atoms with Gasteiger partial charge in [-0.15, -0.1) is 0 Å². The minimum Gasteiger partial charge on any atom is -0.383 e. The Morgan fingerprint density at radius 2 is 2.33 bits per heavy atom. The van der Waals surface area contributed by atoms with Crippen LogP contribution in [0, 0.1) is 5.92 Å². The molecule has 2 unspecified atom stereocenters. The van der Waals surface area contributed by atoms with E-state index >= 15 is 0 Å². The van der Waals surface area contributed by atoms with Crippen molar-refractivity contribution in [2.75, 3.05) is 40.4 Å². The van der Waals surface area contributed by atoms with Gasteiger partial charge in [-0.25, -0.2) is 0 Å². The number of carbonyl (C=O) groups excluding carboxylic acids is 2. The molecule has 1 aliphatic heterocycles. The van der Waals surface area contributed by atoms with Crippen LogP contribution in [0.5, 0.6) is 0 Å². The van der Waals surface area contributed by atoms with Gasteiger partial charge in [0.2, 0.25) is 11.8 Å². The van der Waals surface area contributed by atoms with Crippen molar-refractivity contribution in [3.63, 3.8) is 0 Å². The molecule has 6 heteroatoms. The summed E-state index contributed by atoms with van der Waals surface area (Å²) in [6, 6.07) is 0.232. The lowest BCUT2D eigenvalue weighted by Crippen LogP contribution is -2.40. The first-order chi connectivity index (χ1) is 8.58. The largest absolute Gasteiger partial charge is 0.383 e. The second-order valence-electron chi connectivity index (χ2n) is 4.67. The predicted octanol–water partition coefficient (Wildman–Crippen LogP) is -0.795. The van der Waals surface area contributed by atoms with Gasteiger partial charge in [0, 0.05) is 39.2 Å². The molecule has 104 valence electrons. The van der Waals surface area contributed by atoms with E-state index < -0.39 is 0 Å². The Hall–Kier alpha value is -1.14. The Bertz CT molecular complexity index is 296. The number of hydrogen-bond acceptors (Lipinski definition) is 4. The van der Waals surface area contributed by atoms with Crippen LogP contribution in [-0.4, -0.2) is 63.2 Å². The Labute approximate surface area is 108 Å². The molecule has 1 saturated heterocycles. The third kappa shape index (κ3) is 4.27. The monoisotopic (exact) mass is 257 g/mol. The van der Waals surface area contributed by atoms with E-state index in [0.29, 0.717) is 32.7 Å². The lowest BCUT2D eigenvalue weighted by atomic mass is 10.1. The summed E-state index contributed by atoms with van der Waals surface area (Å²) in [4.78, 5) is 25.2. The molecule has 0 radical (unpaired) electrons. The molecule has 1 fully saturated rings. The van der Waals surface area contributed by atoms with Crippen molar-refractivity contribution < 1.29 is 14.3 Å². The Balaban J connectivity index is 2.35. The number of nitrogens with one attached hydrogen (secondary N) is 2. The highest BCUT2D eigenvalue weighted by Gasteiger charge is 2.33. The number of nitrogens with zero attached hydrogens (tertiary/aromatic N) is 1. The van der Waals surface area contributed by atoms with Crippen LogP contribution in [0.2, 0.25) is 0 Å². The van der Waals surface area contributed by atoms with Crippen LogP contribution in [-0.2, 0) is 14.3 Å². The fourth-order valence-corrected chi connectivity index (χ4v) is 1.87. The summed E-state index contributed by atoms with van der Waals surface area (Å²) in [5.74, 6) is -0.224. The molecule has 18 heavy (non-hydrogen) atoms. The van der Waals surface area contributed by atoms with Crippen LogP contribution in [0.3, 0.4) is 0 Å².